The van der Waals surface area contributed by atoms with E-state index in [4.69, 9.17) is 24.3 Å². The molecule has 2 N–H and O–H groups in total. The van der Waals surface area contributed by atoms with Crippen molar-refractivity contribution in [3.05, 3.63) is 22.7 Å². The summed E-state index contributed by atoms with van der Waals surface area (Å²) in [5.41, 5.74) is 5.06. The molecule has 40 heavy (non-hydrogen) atoms. The molecule has 0 amide bonds. The largest absolute Gasteiger partial charge is 0.383 e. The highest BCUT2D eigenvalue weighted by Gasteiger charge is 2.26. The Balaban J connectivity index is 1.99. The molecule has 1 aromatic rings. The summed E-state index contributed by atoms with van der Waals surface area (Å²) < 4.78 is 36.6. The molecule has 0 aliphatic rings. The van der Waals surface area contributed by atoms with Gasteiger partial charge in [0.05, 0.1) is 32.5 Å². The van der Waals surface area contributed by atoms with E-state index in [0.29, 0.717) is 13.2 Å². The van der Waals surface area contributed by atoms with Crippen LogP contribution >= 0.6 is 7.60 Å². The molecule has 0 spiro atoms. The third-order valence-corrected chi connectivity index (χ3v) is 8.54. The van der Waals surface area contributed by atoms with E-state index in [1.807, 2.05) is 0 Å². The van der Waals surface area contributed by atoms with Crippen molar-refractivity contribution in [2.45, 2.75) is 136 Å². The van der Waals surface area contributed by atoms with Gasteiger partial charge in [-0.25, -0.2) is 4.79 Å². The number of ether oxygens (including phenoxy) is 2. The maximum atomic E-state index is 13.0. The molecule has 0 aliphatic heterocycles. The van der Waals surface area contributed by atoms with Crippen molar-refractivity contribution in [3.8, 4) is 0 Å². The molecule has 234 valence electrons. The zero-order valence-corrected chi connectivity index (χ0v) is 26.6. The van der Waals surface area contributed by atoms with E-state index in [9.17, 15) is 9.36 Å². The Morgan fingerprint density at radius 3 is 1.90 bits per heavy atom. The number of rotatable bonds is 28. The molecule has 0 fully saturated rings. The van der Waals surface area contributed by atoms with Crippen molar-refractivity contribution in [3.63, 3.8) is 0 Å². The third kappa shape index (κ3) is 19.8. The van der Waals surface area contributed by atoms with Crippen LogP contribution in [0.1, 0.15) is 124 Å². The van der Waals surface area contributed by atoms with Crippen LogP contribution in [0.3, 0.4) is 0 Å². The van der Waals surface area contributed by atoms with Gasteiger partial charge in [-0.3, -0.25) is 9.13 Å². The fraction of sp³-hybridized carbons (Fsp3) is 0.867. The fourth-order valence-electron chi connectivity index (χ4n) is 4.53. The second-order valence-electron chi connectivity index (χ2n) is 10.7. The summed E-state index contributed by atoms with van der Waals surface area (Å²) in [4.78, 5) is 15.6. The summed E-state index contributed by atoms with van der Waals surface area (Å²) in [6.45, 7) is 7.52. The zero-order chi connectivity index (χ0) is 29.3. The lowest BCUT2D eigenvalue weighted by Crippen LogP contribution is -2.29. The number of anilines is 1. The topological polar surface area (TPSA) is 115 Å². The summed E-state index contributed by atoms with van der Waals surface area (Å²) >= 11 is 0. The summed E-state index contributed by atoms with van der Waals surface area (Å²) in [7, 11) is -3.42. The molecule has 0 saturated heterocycles. The first-order valence-corrected chi connectivity index (χ1v) is 17.5. The lowest BCUT2D eigenvalue weighted by atomic mass is 10.0. The normalized spacial score (nSPS) is 13.9. The van der Waals surface area contributed by atoms with Gasteiger partial charge in [0.2, 0.25) is 0 Å². The molecule has 9 nitrogen and oxygen atoms in total. The minimum Gasteiger partial charge on any atom is -0.383 e. The monoisotopic (exact) mass is 587 g/mol. The van der Waals surface area contributed by atoms with Crippen LogP contribution in [0.5, 0.6) is 0 Å². The van der Waals surface area contributed by atoms with Crippen molar-refractivity contribution in [1.29, 1.82) is 0 Å². The van der Waals surface area contributed by atoms with Gasteiger partial charge >= 0.3 is 13.3 Å². The van der Waals surface area contributed by atoms with Crippen molar-refractivity contribution in [1.82, 2.24) is 9.55 Å². The zero-order valence-electron chi connectivity index (χ0n) is 25.7. The molecule has 0 aliphatic carbocycles. The molecule has 0 saturated carbocycles. The van der Waals surface area contributed by atoms with E-state index in [-0.39, 0.29) is 31.9 Å². The number of nitrogen functional groups attached to an aromatic ring is 1. The number of hydrogen-bond acceptors (Lipinski definition) is 8. The van der Waals surface area contributed by atoms with Crippen LogP contribution in [-0.4, -0.2) is 48.4 Å². The molecular weight excluding hydrogens is 529 g/mol. The van der Waals surface area contributed by atoms with Crippen LogP contribution in [-0.2, 0) is 29.6 Å². The number of aromatic nitrogens is 2. The van der Waals surface area contributed by atoms with Gasteiger partial charge in [-0.15, -0.1) is 0 Å². The Morgan fingerprint density at radius 1 is 0.825 bits per heavy atom. The maximum absolute atomic E-state index is 13.0. The van der Waals surface area contributed by atoms with Crippen molar-refractivity contribution < 1.29 is 23.1 Å². The van der Waals surface area contributed by atoms with Crippen molar-refractivity contribution >= 4 is 13.4 Å². The van der Waals surface area contributed by atoms with Gasteiger partial charge in [-0.2, -0.15) is 4.98 Å². The molecule has 2 unspecified atom stereocenters. The predicted octanol–water partition coefficient (Wildman–Crippen LogP) is 7.71. The minimum absolute atomic E-state index is 0.168. The van der Waals surface area contributed by atoms with Gasteiger partial charge in [0.25, 0.3) is 0 Å². The highest BCUT2D eigenvalue weighted by Crippen LogP contribution is 2.48. The standard InChI is InChI=1S/C30H58N3O6P/c1-4-6-7-8-9-10-11-12-13-14-15-16-17-18-19-20-23-36-24-25-39-40(35,38-5-2)27-37-28(3)26-33-22-21-29(31)32-30(33)34/h21-22,28H,4-20,23-27H2,1-3H3,(H2,31,32,34). The van der Waals surface area contributed by atoms with Gasteiger partial charge in [0.1, 0.15) is 12.2 Å². The second-order valence-corrected chi connectivity index (χ2v) is 12.7. The minimum atomic E-state index is -3.42. The number of unbranched alkanes of at least 4 members (excludes halogenated alkanes) is 15. The quantitative estimate of drug-likeness (QED) is 0.0783. The van der Waals surface area contributed by atoms with Gasteiger partial charge in [-0.1, -0.05) is 103 Å². The SMILES string of the molecule is CCCCCCCCCCCCCCCCCCOCCOP(=O)(COC(C)Cn1ccc(N)nc1=O)OCC. The lowest BCUT2D eigenvalue weighted by molar-refractivity contribution is 0.0540. The Labute approximate surface area is 243 Å². The first-order valence-electron chi connectivity index (χ1n) is 15.8. The first-order chi connectivity index (χ1) is 19.4. The lowest BCUT2D eigenvalue weighted by Gasteiger charge is -2.21. The Morgan fingerprint density at radius 2 is 1.38 bits per heavy atom. The summed E-state index contributed by atoms with van der Waals surface area (Å²) in [6, 6.07) is 1.54. The predicted molar refractivity (Wildman–Crippen MR) is 164 cm³/mol. The van der Waals surface area contributed by atoms with E-state index < -0.39 is 19.4 Å². The molecule has 1 aromatic heterocycles. The Bertz CT molecular complexity index is 838. The van der Waals surface area contributed by atoms with E-state index in [2.05, 4.69) is 11.9 Å². The van der Waals surface area contributed by atoms with E-state index >= 15 is 0 Å². The average molecular weight is 588 g/mol. The number of nitrogens with two attached hydrogens (primary N) is 1. The first kappa shape index (κ1) is 36.8. The highest BCUT2D eigenvalue weighted by atomic mass is 31.2. The summed E-state index contributed by atoms with van der Waals surface area (Å²) in [6.07, 6.45) is 22.5. The summed E-state index contributed by atoms with van der Waals surface area (Å²) in [5, 5.41) is 0. The van der Waals surface area contributed by atoms with Crippen LogP contribution in [0.15, 0.2) is 17.1 Å². The van der Waals surface area contributed by atoms with Crippen LogP contribution in [0.25, 0.3) is 0 Å². The maximum Gasteiger partial charge on any atom is 0.356 e. The van der Waals surface area contributed by atoms with E-state index in [0.717, 1.165) is 6.42 Å². The molecular formula is C30H58N3O6P. The molecule has 1 heterocycles. The van der Waals surface area contributed by atoms with Crippen LogP contribution in [0, 0.1) is 0 Å². The fourth-order valence-corrected chi connectivity index (χ4v) is 5.93. The Hall–Kier alpha value is -1.25. The average Bonchev–Trinajstić information content (AvgIpc) is 2.92. The molecule has 0 bridgehead atoms. The third-order valence-electron chi connectivity index (χ3n) is 6.85. The molecule has 0 radical (unpaired) electrons. The van der Waals surface area contributed by atoms with Crippen molar-refractivity contribution in [2.75, 3.05) is 38.5 Å². The van der Waals surface area contributed by atoms with Gasteiger partial charge in [-0.05, 0) is 26.3 Å². The van der Waals surface area contributed by atoms with Gasteiger partial charge in [0, 0.05) is 12.8 Å². The van der Waals surface area contributed by atoms with Crippen LogP contribution in [0.2, 0.25) is 0 Å². The van der Waals surface area contributed by atoms with Crippen LogP contribution in [0.4, 0.5) is 5.82 Å². The molecule has 0 aromatic carbocycles. The molecule has 1 rings (SSSR count). The number of hydrogen-bond donors (Lipinski definition) is 1. The molecule has 2 atom stereocenters. The van der Waals surface area contributed by atoms with Gasteiger partial charge in [0.15, 0.2) is 0 Å². The second kappa shape index (κ2) is 24.4. The van der Waals surface area contributed by atoms with Gasteiger partial charge < -0.3 is 24.3 Å². The highest BCUT2D eigenvalue weighted by molar-refractivity contribution is 7.53. The number of nitrogens with zero attached hydrogens (tertiary/aromatic N) is 2. The smallest absolute Gasteiger partial charge is 0.356 e. The molecule has 10 heteroatoms. The van der Waals surface area contributed by atoms with Crippen molar-refractivity contribution in [2.24, 2.45) is 0 Å². The summed E-state index contributed by atoms with van der Waals surface area (Å²) in [5.74, 6) is 0.168. The van der Waals surface area contributed by atoms with E-state index in [1.165, 1.54) is 101 Å². The Kier molecular flexibility index (Phi) is 22.4. The van der Waals surface area contributed by atoms with Crippen LogP contribution < -0.4 is 11.4 Å². The van der Waals surface area contributed by atoms with E-state index in [1.54, 1.807) is 26.1 Å².